The summed E-state index contributed by atoms with van der Waals surface area (Å²) in [6.07, 6.45) is -4.53. The van der Waals surface area contributed by atoms with Gasteiger partial charge in [0.15, 0.2) is 11.9 Å². The lowest BCUT2D eigenvalue weighted by atomic mass is 9.94. The fraction of sp³-hybridized carbons (Fsp3) is 0.591. The van der Waals surface area contributed by atoms with E-state index in [0.29, 0.717) is 11.3 Å². The number of methoxy groups -OCH3 is 1. The van der Waals surface area contributed by atoms with Crippen molar-refractivity contribution in [3.8, 4) is 5.75 Å². The molecule has 2 aliphatic heterocycles. The minimum absolute atomic E-state index is 0.146. The SMILES string of the molecule is COC(=O)c1ccc(OC2OC3COC(C)(C)OC3C(OC(C)C(=O)O)C2NC(C)=O)cc1. The van der Waals surface area contributed by atoms with E-state index in [4.69, 9.17) is 23.7 Å². The average Bonchev–Trinajstić information content (AvgIpc) is 2.75. The van der Waals surface area contributed by atoms with E-state index in [9.17, 15) is 19.5 Å². The Bertz CT molecular complexity index is 870. The van der Waals surface area contributed by atoms with Gasteiger partial charge >= 0.3 is 11.9 Å². The molecule has 2 N–H and O–H groups in total. The Morgan fingerprint density at radius 1 is 1.21 bits per heavy atom. The molecule has 1 aromatic rings. The Labute approximate surface area is 191 Å². The lowest BCUT2D eigenvalue weighted by Gasteiger charge is -2.51. The van der Waals surface area contributed by atoms with Crippen molar-refractivity contribution in [1.29, 1.82) is 0 Å². The van der Waals surface area contributed by atoms with Crippen molar-refractivity contribution in [3.05, 3.63) is 29.8 Å². The van der Waals surface area contributed by atoms with Gasteiger partial charge in [0.25, 0.3) is 0 Å². The molecule has 6 atom stereocenters. The molecule has 0 bridgehead atoms. The van der Waals surface area contributed by atoms with Crippen LogP contribution in [0.15, 0.2) is 24.3 Å². The van der Waals surface area contributed by atoms with Crippen LogP contribution in [0.4, 0.5) is 0 Å². The topological polar surface area (TPSA) is 139 Å². The summed E-state index contributed by atoms with van der Waals surface area (Å²) in [7, 11) is 1.28. The molecule has 2 heterocycles. The number of nitrogens with one attached hydrogen (secondary N) is 1. The second-order valence-electron chi connectivity index (χ2n) is 8.28. The van der Waals surface area contributed by atoms with Crippen LogP contribution in [0.5, 0.6) is 5.75 Å². The predicted molar refractivity (Wildman–Crippen MR) is 112 cm³/mol. The standard InChI is InChI=1S/C22H29NO10/c1-11(19(25)26)30-18-16(23-12(2)24)21(32-15-10-29-22(3,4)33-17(15)18)31-14-8-6-13(7-9-14)20(27)28-5/h6-9,11,15-18,21H,10H2,1-5H3,(H,23,24)(H,25,26). The molecule has 0 aromatic heterocycles. The Hall–Kier alpha value is -2.73. The molecule has 2 aliphatic rings. The Kier molecular flexibility index (Phi) is 7.58. The normalized spacial score (nSPS) is 29.3. The number of benzene rings is 1. The van der Waals surface area contributed by atoms with Crippen molar-refractivity contribution in [3.63, 3.8) is 0 Å². The van der Waals surface area contributed by atoms with Crippen LogP contribution < -0.4 is 10.1 Å². The molecule has 0 saturated carbocycles. The van der Waals surface area contributed by atoms with Crippen LogP contribution in [0.3, 0.4) is 0 Å². The average molecular weight is 467 g/mol. The van der Waals surface area contributed by atoms with Crippen LogP contribution in [-0.4, -0.2) is 79.2 Å². The van der Waals surface area contributed by atoms with Gasteiger partial charge in [-0.2, -0.15) is 0 Å². The zero-order chi connectivity index (χ0) is 24.3. The van der Waals surface area contributed by atoms with E-state index in [1.165, 1.54) is 33.1 Å². The van der Waals surface area contributed by atoms with Gasteiger partial charge in [-0.1, -0.05) is 0 Å². The van der Waals surface area contributed by atoms with E-state index in [0.717, 1.165) is 0 Å². The molecule has 0 spiro atoms. The van der Waals surface area contributed by atoms with Gasteiger partial charge in [0.05, 0.1) is 19.3 Å². The quantitative estimate of drug-likeness (QED) is 0.560. The van der Waals surface area contributed by atoms with Gasteiger partial charge < -0.3 is 38.8 Å². The lowest BCUT2D eigenvalue weighted by molar-refractivity contribution is -0.366. The number of carboxylic acids is 1. The van der Waals surface area contributed by atoms with E-state index in [-0.39, 0.29) is 12.5 Å². The van der Waals surface area contributed by atoms with Crippen molar-refractivity contribution in [2.45, 2.75) is 70.2 Å². The molecule has 11 nitrogen and oxygen atoms in total. The molecule has 0 radical (unpaired) electrons. The van der Waals surface area contributed by atoms with Gasteiger partial charge in [0.2, 0.25) is 12.2 Å². The zero-order valence-electron chi connectivity index (χ0n) is 19.1. The minimum Gasteiger partial charge on any atom is -0.479 e. The van der Waals surface area contributed by atoms with Gasteiger partial charge in [-0.05, 0) is 45.0 Å². The predicted octanol–water partition coefficient (Wildman–Crippen LogP) is 1.09. The van der Waals surface area contributed by atoms with E-state index >= 15 is 0 Å². The van der Waals surface area contributed by atoms with Gasteiger partial charge in [-0.25, -0.2) is 9.59 Å². The van der Waals surface area contributed by atoms with E-state index < -0.39 is 54.5 Å². The zero-order valence-corrected chi connectivity index (χ0v) is 19.1. The highest BCUT2D eigenvalue weighted by Crippen LogP contribution is 2.35. The smallest absolute Gasteiger partial charge is 0.337 e. The summed E-state index contributed by atoms with van der Waals surface area (Å²) in [6.45, 7) is 6.30. The van der Waals surface area contributed by atoms with Crippen LogP contribution in [0.25, 0.3) is 0 Å². The molecule has 2 saturated heterocycles. The molecule has 0 aliphatic carbocycles. The summed E-state index contributed by atoms with van der Waals surface area (Å²) in [5.74, 6) is -2.66. The molecule has 2 fully saturated rings. The summed E-state index contributed by atoms with van der Waals surface area (Å²) in [5.41, 5.74) is 0.334. The number of ether oxygens (including phenoxy) is 6. The number of rotatable bonds is 7. The van der Waals surface area contributed by atoms with Gasteiger partial charge in [-0.15, -0.1) is 0 Å². The van der Waals surface area contributed by atoms with Crippen LogP contribution in [0.1, 0.15) is 38.1 Å². The van der Waals surface area contributed by atoms with E-state index in [1.807, 2.05) is 0 Å². The molecule has 6 unspecified atom stereocenters. The van der Waals surface area contributed by atoms with Crippen molar-refractivity contribution in [1.82, 2.24) is 5.32 Å². The van der Waals surface area contributed by atoms with E-state index in [1.54, 1.807) is 26.0 Å². The molecular weight excluding hydrogens is 438 g/mol. The minimum atomic E-state index is -1.18. The first-order chi connectivity index (χ1) is 15.5. The second-order valence-corrected chi connectivity index (χ2v) is 8.28. The summed E-state index contributed by atoms with van der Waals surface area (Å²) in [5, 5.41) is 12.1. The number of carbonyl (C=O) groups is 3. The summed E-state index contributed by atoms with van der Waals surface area (Å²) < 4.78 is 34.3. The van der Waals surface area contributed by atoms with Crippen molar-refractivity contribution < 1.29 is 47.9 Å². The molecule has 3 rings (SSSR count). The molecule has 182 valence electrons. The number of fused-ring (bicyclic) bond motifs is 1. The maximum atomic E-state index is 12.0. The van der Waals surface area contributed by atoms with Crippen LogP contribution in [0.2, 0.25) is 0 Å². The van der Waals surface area contributed by atoms with Gasteiger partial charge in [0, 0.05) is 6.92 Å². The number of hydrogen-bond donors (Lipinski definition) is 2. The first kappa shape index (κ1) is 24.9. The van der Waals surface area contributed by atoms with Gasteiger partial charge in [0.1, 0.15) is 30.1 Å². The fourth-order valence-corrected chi connectivity index (χ4v) is 3.69. The monoisotopic (exact) mass is 467 g/mol. The van der Waals surface area contributed by atoms with Crippen molar-refractivity contribution in [2.24, 2.45) is 0 Å². The number of carboxylic acid groups (broad SMARTS) is 1. The van der Waals surface area contributed by atoms with Crippen LogP contribution in [-0.2, 0) is 33.3 Å². The molecular formula is C22H29NO10. The molecule has 1 aromatic carbocycles. The maximum Gasteiger partial charge on any atom is 0.337 e. The second kappa shape index (κ2) is 10.0. The number of carbonyl (C=O) groups excluding carboxylic acids is 2. The van der Waals surface area contributed by atoms with Crippen LogP contribution in [0, 0.1) is 0 Å². The number of aliphatic carboxylic acids is 1. The third-order valence-electron chi connectivity index (χ3n) is 5.27. The molecule has 11 heteroatoms. The number of esters is 1. The molecule has 1 amide bonds. The van der Waals surface area contributed by atoms with Crippen LogP contribution >= 0.6 is 0 Å². The van der Waals surface area contributed by atoms with Crippen molar-refractivity contribution in [2.75, 3.05) is 13.7 Å². The highest BCUT2D eigenvalue weighted by molar-refractivity contribution is 5.89. The highest BCUT2D eigenvalue weighted by Gasteiger charge is 2.54. The summed E-state index contributed by atoms with van der Waals surface area (Å²) >= 11 is 0. The maximum absolute atomic E-state index is 12.0. The number of hydrogen-bond acceptors (Lipinski definition) is 9. The molecule has 33 heavy (non-hydrogen) atoms. The van der Waals surface area contributed by atoms with E-state index in [2.05, 4.69) is 10.1 Å². The number of amides is 1. The largest absolute Gasteiger partial charge is 0.479 e. The highest BCUT2D eigenvalue weighted by atomic mass is 16.8. The Morgan fingerprint density at radius 3 is 2.45 bits per heavy atom. The Morgan fingerprint density at radius 2 is 1.88 bits per heavy atom. The first-order valence-electron chi connectivity index (χ1n) is 10.5. The summed E-state index contributed by atoms with van der Waals surface area (Å²) in [6, 6.07) is 5.25. The fourth-order valence-electron chi connectivity index (χ4n) is 3.69. The lowest BCUT2D eigenvalue weighted by Crippen LogP contribution is -2.70. The Balaban J connectivity index is 1.90. The van der Waals surface area contributed by atoms with Crippen molar-refractivity contribution >= 4 is 17.8 Å². The van der Waals surface area contributed by atoms with Gasteiger partial charge in [-0.3, -0.25) is 4.79 Å². The summed E-state index contributed by atoms with van der Waals surface area (Å²) in [4.78, 5) is 35.2. The third-order valence-corrected chi connectivity index (χ3v) is 5.27. The third kappa shape index (κ3) is 5.99. The first-order valence-corrected chi connectivity index (χ1v) is 10.5.